The van der Waals surface area contributed by atoms with Gasteiger partial charge in [0, 0.05) is 11.3 Å². The fourth-order valence-corrected chi connectivity index (χ4v) is 5.17. The summed E-state index contributed by atoms with van der Waals surface area (Å²) in [6, 6.07) is 1.70. The zero-order valence-corrected chi connectivity index (χ0v) is 16.8. The molecule has 156 valence electrons. The first-order valence-corrected chi connectivity index (χ1v) is 9.92. The maximum absolute atomic E-state index is 14.9. The third-order valence-corrected chi connectivity index (χ3v) is 6.46. The van der Waals surface area contributed by atoms with Gasteiger partial charge in [0.15, 0.2) is 11.6 Å². The molecule has 0 radical (unpaired) electrons. The summed E-state index contributed by atoms with van der Waals surface area (Å²) in [5.41, 5.74) is -3.99. The molecular weight excluding hydrogens is 434 g/mol. The van der Waals surface area contributed by atoms with Gasteiger partial charge in [-0.3, -0.25) is 9.59 Å². The Kier molecular flexibility index (Phi) is 5.81. The number of aliphatic carboxylic acids is 1. The lowest BCUT2D eigenvalue weighted by atomic mass is 9.92. The van der Waals surface area contributed by atoms with E-state index in [-0.39, 0.29) is 49.9 Å². The van der Waals surface area contributed by atoms with Crippen LogP contribution >= 0.6 is 23.1 Å². The van der Waals surface area contributed by atoms with Crippen LogP contribution < -0.4 is 0 Å². The topological polar surface area (TPSA) is 66.8 Å². The van der Waals surface area contributed by atoms with Crippen LogP contribution in [0.2, 0.25) is 0 Å². The Hall–Kier alpha value is -2.27. The summed E-state index contributed by atoms with van der Waals surface area (Å²) in [6.45, 7) is 1.50. The van der Waals surface area contributed by atoms with Gasteiger partial charge in [0.05, 0.1) is 28.7 Å². The number of thiophene rings is 1. The lowest BCUT2D eigenvalue weighted by molar-refractivity contribution is -0.136. The summed E-state index contributed by atoms with van der Waals surface area (Å²) in [7, 11) is 1.28. The number of methoxy groups -OCH3 is 1. The average Bonchev–Trinajstić information content (AvgIpc) is 3.16. The van der Waals surface area contributed by atoms with Crippen LogP contribution in [0.1, 0.15) is 29.4 Å². The number of rotatable bonds is 5. The van der Waals surface area contributed by atoms with Gasteiger partial charge in [0.2, 0.25) is 0 Å². The van der Waals surface area contributed by atoms with Gasteiger partial charge in [0.1, 0.15) is 0 Å². The van der Waals surface area contributed by atoms with Crippen LogP contribution in [0, 0.1) is 0 Å². The first kappa shape index (κ1) is 21.4. The van der Waals surface area contributed by atoms with Gasteiger partial charge in [-0.1, -0.05) is 0 Å². The third kappa shape index (κ3) is 4.20. The Bertz CT molecular complexity index is 961. The number of fused-ring (bicyclic) bond motifs is 1. The molecule has 1 aliphatic carbocycles. The molecule has 3 rings (SSSR count). The number of carboxylic acid groups (broad SMARTS) is 1. The molecule has 1 atom stereocenters. The zero-order valence-electron chi connectivity index (χ0n) is 15.2. The molecule has 0 aromatic carbocycles. The number of amides is 1. The fourth-order valence-electron chi connectivity index (χ4n) is 3.41. The molecule has 1 aromatic rings. The highest BCUT2D eigenvalue weighted by Crippen LogP contribution is 2.46. The maximum Gasteiger partial charge on any atom is 0.447 e. The van der Waals surface area contributed by atoms with Crippen molar-refractivity contribution in [3.05, 3.63) is 51.5 Å². The van der Waals surface area contributed by atoms with E-state index in [9.17, 15) is 32.3 Å². The van der Waals surface area contributed by atoms with Crippen molar-refractivity contribution in [1.29, 1.82) is 0 Å². The summed E-state index contributed by atoms with van der Waals surface area (Å²) in [5, 5.41) is 9.21. The van der Waals surface area contributed by atoms with Crippen LogP contribution in [0.25, 0.3) is 0 Å². The standard InChI is InChI=1S/C18H15F4NO4S2/c1-8-9(7-13(24)25)15-10(3-4-11(27-2)16(15)19)23(8)17(26)12-5-6-14(28-12)29-18(20,21)22/h4-6,10H,3,7H2,1-2H3,(H,24,25). The molecule has 2 heterocycles. The Morgan fingerprint density at radius 3 is 2.66 bits per heavy atom. The Morgan fingerprint density at radius 1 is 1.38 bits per heavy atom. The zero-order chi connectivity index (χ0) is 21.5. The van der Waals surface area contributed by atoms with E-state index in [1.165, 1.54) is 37.1 Å². The summed E-state index contributed by atoms with van der Waals surface area (Å²) in [4.78, 5) is 25.6. The predicted octanol–water partition coefficient (Wildman–Crippen LogP) is 5.09. The number of ether oxygens (including phenoxy) is 1. The monoisotopic (exact) mass is 449 g/mol. The Morgan fingerprint density at radius 2 is 2.07 bits per heavy atom. The first-order chi connectivity index (χ1) is 13.5. The minimum Gasteiger partial charge on any atom is -0.494 e. The number of hydrogen-bond donors (Lipinski definition) is 1. The quantitative estimate of drug-likeness (QED) is 0.501. The molecule has 29 heavy (non-hydrogen) atoms. The van der Waals surface area contributed by atoms with Crippen LogP contribution in [0.5, 0.6) is 0 Å². The normalized spacial score (nSPS) is 19.4. The van der Waals surface area contributed by atoms with Gasteiger partial charge in [-0.2, -0.15) is 13.2 Å². The molecule has 1 N–H and O–H groups in total. The molecule has 0 saturated carbocycles. The minimum absolute atomic E-state index is 0.0405. The van der Waals surface area contributed by atoms with E-state index in [1.54, 1.807) is 0 Å². The van der Waals surface area contributed by atoms with Crippen molar-refractivity contribution < 1.29 is 37.0 Å². The number of carboxylic acids is 1. The van der Waals surface area contributed by atoms with Crippen LogP contribution in [-0.2, 0) is 9.53 Å². The van der Waals surface area contributed by atoms with Crippen molar-refractivity contribution in [2.45, 2.75) is 35.5 Å². The molecule has 0 fully saturated rings. The van der Waals surface area contributed by atoms with Gasteiger partial charge >= 0.3 is 11.5 Å². The lowest BCUT2D eigenvalue weighted by Crippen LogP contribution is -2.36. The predicted molar refractivity (Wildman–Crippen MR) is 99.0 cm³/mol. The SMILES string of the molecule is COC1=CCC2C(=C1F)C(CC(=O)O)=C(C)N2C(=O)c1ccc(SC(F)(F)F)s1. The van der Waals surface area contributed by atoms with Crippen LogP contribution in [-0.4, -0.2) is 40.5 Å². The number of allylic oxidation sites excluding steroid dienone is 2. The molecule has 5 nitrogen and oxygen atoms in total. The lowest BCUT2D eigenvalue weighted by Gasteiger charge is -2.28. The molecule has 0 spiro atoms. The van der Waals surface area contributed by atoms with Crippen molar-refractivity contribution in [2.24, 2.45) is 0 Å². The summed E-state index contributed by atoms with van der Waals surface area (Å²) in [6.07, 6.45) is 1.15. The number of hydrogen-bond acceptors (Lipinski definition) is 5. The molecule has 1 amide bonds. The molecule has 11 heteroatoms. The largest absolute Gasteiger partial charge is 0.494 e. The second kappa shape index (κ2) is 7.86. The molecule has 0 bridgehead atoms. The van der Waals surface area contributed by atoms with Crippen molar-refractivity contribution >= 4 is 35.0 Å². The molecule has 2 aliphatic rings. The summed E-state index contributed by atoms with van der Waals surface area (Å²) >= 11 is 0.360. The highest BCUT2D eigenvalue weighted by molar-refractivity contribution is 8.02. The number of halogens is 4. The van der Waals surface area contributed by atoms with Crippen molar-refractivity contribution in [1.82, 2.24) is 4.90 Å². The number of thioether (sulfide) groups is 1. The van der Waals surface area contributed by atoms with Crippen molar-refractivity contribution in [3.63, 3.8) is 0 Å². The Balaban J connectivity index is 1.99. The van der Waals surface area contributed by atoms with Crippen molar-refractivity contribution in [2.75, 3.05) is 7.11 Å². The molecule has 1 unspecified atom stereocenters. The van der Waals surface area contributed by atoms with E-state index in [4.69, 9.17) is 4.74 Å². The van der Waals surface area contributed by atoms with E-state index in [1.807, 2.05) is 0 Å². The van der Waals surface area contributed by atoms with Crippen LogP contribution in [0.3, 0.4) is 0 Å². The van der Waals surface area contributed by atoms with Gasteiger partial charge in [-0.05, 0) is 48.9 Å². The first-order valence-electron chi connectivity index (χ1n) is 8.28. The number of nitrogens with zero attached hydrogens (tertiary/aromatic N) is 1. The highest BCUT2D eigenvalue weighted by atomic mass is 32.2. The average molecular weight is 449 g/mol. The molecule has 0 saturated heterocycles. The second-order valence-electron chi connectivity index (χ2n) is 6.23. The van der Waals surface area contributed by atoms with Gasteiger partial charge < -0.3 is 14.7 Å². The van der Waals surface area contributed by atoms with E-state index in [2.05, 4.69) is 0 Å². The smallest absolute Gasteiger partial charge is 0.447 e. The van der Waals surface area contributed by atoms with Gasteiger partial charge in [-0.25, -0.2) is 4.39 Å². The highest BCUT2D eigenvalue weighted by Gasteiger charge is 2.43. The second-order valence-corrected chi connectivity index (χ2v) is 8.68. The summed E-state index contributed by atoms with van der Waals surface area (Å²) in [5.74, 6) is -2.58. The fraction of sp³-hybridized carbons (Fsp3) is 0.333. The molecule has 1 aromatic heterocycles. The van der Waals surface area contributed by atoms with E-state index in [0.29, 0.717) is 11.3 Å². The van der Waals surface area contributed by atoms with Crippen molar-refractivity contribution in [3.8, 4) is 0 Å². The minimum atomic E-state index is -4.48. The Labute approximate surface area is 171 Å². The van der Waals surface area contributed by atoms with E-state index >= 15 is 0 Å². The number of alkyl halides is 3. The van der Waals surface area contributed by atoms with Crippen LogP contribution in [0.4, 0.5) is 17.6 Å². The van der Waals surface area contributed by atoms with Gasteiger partial charge in [0.25, 0.3) is 5.91 Å². The van der Waals surface area contributed by atoms with Crippen LogP contribution in [0.15, 0.2) is 50.8 Å². The van der Waals surface area contributed by atoms with E-state index < -0.39 is 35.7 Å². The number of carbonyl (C=O) groups excluding carboxylic acids is 1. The summed E-state index contributed by atoms with van der Waals surface area (Å²) < 4.78 is 57.5. The maximum atomic E-state index is 14.9. The van der Waals surface area contributed by atoms with E-state index in [0.717, 1.165) is 0 Å². The molecular formula is C18H15F4NO4S2. The third-order valence-electron chi connectivity index (χ3n) is 4.52. The number of carbonyl (C=O) groups is 2. The molecule has 1 aliphatic heterocycles. The van der Waals surface area contributed by atoms with Gasteiger partial charge in [-0.15, -0.1) is 11.3 Å².